The highest BCUT2D eigenvalue weighted by Gasteiger charge is 2.16. The molecule has 5 nitrogen and oxygen atoms in total. The molecule has 0 amide bonds. The van der Waals surface area contributed by atoms with Crippen LogP contribution in [0.1, 0.15) is 17.3 Å². The standard InChI is InChI=1S/C15H14O5/c1-2-3-4-5-15(17)18-9-12(16)11-6-7-13-14(8-11)20-10-19-13/h2-8H,9-10H2,1H3. The van der Waals surface area contributed by atoms with Gasteiger partial charge in [-0.3, -0.25) is 4.79 Å². The number of fused-ring (bicyclic) bond motifs is 1. The second kappa shape index (κ2) is 6.56. The van der Waals surface area contributed by atoms with E-state index in [0.717, 1.165) is 0 Å². The first-order valence-electron chi connectivity index (χ1n) is 6.09. The molecule has 0 unspecified atom stereocenters. The van der Waals surface area contributed by atoms with Gasteiger partial charge in [-0.05, 0) is 25.1 Å². The average Bonchev–Trinajstić information content (AvgIpc) is 2.92. The van der Waals surface area contributed by atoms with Crippen LogP contribution in [0.5, 0.6) is 11.5 Å². The van der Waals surface area contributed by atoms with Crippen molar-refractivity contribution < 1.29 is 23.8 Å². The maximum absolute atomic E-state index is 11.9. The number of allylic oxidation sites excluding steroid dienone is 3. The molecule has 2 rings (SSSR count). The van der Waals surface area contributed by atoms with Gasteiger partial charge in [-0.1, -0.05) is 18.2 Å². The summed E-state index contributed by atoms with van der Waals surface area (Å²) in [6.45, 7) is 1.68. The summed E-state index contributed by atoms with van der Waals surface area (Å²) in [4.78, 5) is 23.2. The molecule has 0 radical (unpaired) electrons. The Balaban J connectivity index is 1.90. The smallest absolute Gasteiger partial charge is 0.331 e. The van der Waals surface area contributed by atoms with Gasteiger partial charge >= 0.3 is 5.97 Å². The van der Waals surface area contributed by atoms with Crippen LogP contribution in [0.25, 0.3) is 0 Å². The molecule has 1 aromatic carbocycles. The fourth-order valence-corrected chi connectivity index (χ4v) is 1.58. The number of hydrogen-bond acceptors (Lipinski definition) is 5. The summed E-state index contributed by atoms with van der Waals surface area (Å²) in [6.07, 6.45) is 6.28. The third kappa shape index (κ3) is 3.47. The Morgan fingerprint density at radius 3 is 2.85 bits per heavy atom. The van der Waals surface area contributed by atoms with Crippen LogP contribution in [0.2, 0.25) is 0 Å². The number of Topliss-reactive ketones (excluding diaryl/α,β-unsaturated/α-hetero) is 1. The van der Waals surface area contributed by atoms with Crippen LogP contribution >= 0.6 is 0 Å². The fourth-order valence-electron chi connectivity index (χ4n) is 1.58. The van der Waals surface area contributed by atoms with Crippen LogP contribution in [0.15, 0.2) is 42.5 Å². The van der Waals surface area contributed by atoms with Gasteiger partial charge in [0.2, 0.25) is 6.79 Å². The lowest BCUT2D eigenvalue weighted by Gasteiger charge is -2.03. The SMILES string of the molecule is CC=CC=CC(=O)OCC(=O)c1ccc2c(c1)OCO2. The summed E-state index contributed by atoms with van der Waals surface area (Å²) in [5.41, 5.74) is 0.416. The topological polar surface area (TPSA) is 61.8 Å². The molecular weight excluding hydrogens is 260 g/mol. The molecule has 1 heterocycles. The summed E-state index contributed by atoms with van der Waals surface area (Å²) in [7, 11) is 0. The maximum Gasteiger partial charge on any atom is 0.331 e. The number of ketones is 1. The van der Waals surface area contributed by atoms with Crippen LogP contribution in [-0.4, -0.2) is 25.2 Å². The first kappa shape index (κ1) is 13.9. The number of carbonyl (C=O) groups is 2. The molecule has 0 saturated heterocycles. The first-order valence-corrected chi connectivity index (χ1v) is 6.09. The molecule has 1 aliphatic heterocycles. The molecule has 0 aliphatic carbocycles. The summed E-state index contributed by atoms with van der Waals surface area (Å²) < 4.78 is 15.2. The molecule has 0 bridgehead atoms. The molecule has 0 N–H and O–H groups in total. The lowest BCUT2D eigenvalue weighted by molar-refractivity contribution is -0.136. The molecule has 0 spiro atoms. The Labute approximate surface area is 116 Å². The summed E-state index contributed by atoms with van der Waals surface area (Å²) >= 11 is 0. The zero-order valence-electron chi connectivity index (χ0n) is 11.0. The van der Waals surface area contributed by atoms with Crippen LogP contribution in [0.3, 0.4) is 0 Å². The Kier molecular flexibility index (Phi) is 4.55. The van der Waals surface area contributed by atoms with E-state index in [2.05, 4.69) is 0 Å². The van der Waals surface area contributed by atoms with Crippen molar-refractivity contribution in [2.45, 2.75) is 6.92 Å². The van der Waals surface area contributed by atoms with E-state index in [-0.39, 0.29) is 19.2 Å². The lowest BCUT2D eigenvalue weighted by Crippen LogP contribution is -2.12. The predicted octanol–water partition coefficient (Wildman–Crippen LogP) is 2.27. The maximum atomic E-state index is 11.9. The monoisotopic (exact) mass is 274 g/mol. The third-order valence-electron chi connectivity index (χ3n) is 2.58. The van der Waals surface area contributed by atoms with E-state index in [1.165, 1.54) is 6.08 Å². The molecule has 0 aromatic heterocycles. The minimum absolute atomic E-state index is 0.151. The van der Waals surface area contributed by atoms with Gasteiger partial charge in [0, 0.05) is 11.6 Å². The average molecular weight is 274 g/mol. The predicted molar refractivity (Wildman–Crippen MR) is 71.8 cm³/mol. The Hall–Kier alpha value is -2.56. The van der Waals surface area contributed by atoms with Gasteiger partial charge in [0.1, 0.15) is 0 Å². The van der Waals surface area contributed by atoms with Gasteiger partial charge in [0.15, 0.2) is 23.9 Å². The summed E-state index contributed by atoms with van der Waals surface area (Å²) in [5, 5.41) is 0. The number of benzene rings is 1. The highest BCUT2D eigenvalue weighted by Crippen LogP contribution is 2.32. The van der Waals surface area contributed by atoms with Gasteiger partial charge in [0.05, 0.1) is 0 Å². The van der Waals surface area contributed by atoms with Crippen molar-refractivity contribution >= 4 is 11.8 Å². The molecule has 0 saturated carbocycles. The molecule has 0 fully saturated rings. The highest BCUT2D eigenvalue weighted by atomic mass is 16.7. The van der Waals surface area contributed by atoms with Crippen LogP contribution in [0.4, 0.5) is 0 Å². The summed E-state index contributed by atoms with van der Waals surface area (Å²) in [6, 6.07) is 4.84. The Morgan fingerprint density at radius 1 is 1.25 bits per heavy atom. The van der Waals surface area contributed by atoms with Gasteiger partial charge in [-0.15, -0.1) is 0 Å². The molecular formula is C15H14O5. The van der Waals surface area contributed by atoms with Gasteiger partial charge in [-0.25, -0.2) is 4.79 Å². The van der Waals surface area contributed by atoms with Crippen molar-refractivity contribution in [1.82, 2.24) is 0 Å². The minimum atomic E-state index is -0.558. The summed E-state index contributed by atoms with van der Waals surface area (Å²) in [5.74, 6) is 0.274. The van der Waals surface area contributed by atoms with Crippen LogP contribution in [0, 0.1) is 0 Å². The second-order valence-electron chi connectivity index (χ2n) is 3.98. The van der Waals surface area contributed by atoms with Crippen molar-refractivity contribution in [3.05, 3.63) is 48.1 Å². The quantitative estimate of drug-likeness (QED) is 0.357. The van der Waals surface area contributed by atoms with E-state index in [4.69, 9.17) is 14.2 Å². The molecule has 0 atom stereocenters. The Bertz CT molecular complexity index is 572. The first-order chi connectivity index (χ1) is 9.70. The highest BCUT2D eigenvalue weighted by molar-refractivity contribution is 5.99. The van der Waals surface area contributed by atoms with Gasteiger partial charge < -0.3 is 14.2 Å². The Morgan fingerprint density at radius 2 is 2.05 bits per heavy atom. The van der Waals surface area contributed by atoms with Crippen molar-refractivity contribution in [3.63, 3.8) is 0 Å². The lowest BCUT2D eigenvalue weighted by atomic mass is 10.1. The van der Waals surface area contributed by atoms with Crippen molar-refractivity contribution in [2.75, 3.05) is 13.4 Å². The van der Waals surface area contributed by atoms with Crippen molar-refractivity contribution in [3.8, 4) is 11.5 Å². The van der Waals surface area contributed by atoms with Crippen molar-refractivity contribution in [2.24, 2.45) is 0 Å². The van der Waals surface area contributed by atoms with E-state index >= 15 is 0 Å². The molecule has 1 aromatic rings. The molecule has 20 heavy (non-hydrogen) atoms. The van der Waals surface area contributed by atoms with Gasteiger partial charge in [0.25, 0.3) is 0 Å². The second-order valence-corrected chi connectivity index (χ2v) is 3.98. The van der Waals surface area contributed by atoms with E-state index in [1.807, 2.05) is 6.92 Å². The van der Waals surface area contributed by atoms with E-state index in [9.17, 15) is 9.59 Å². The molecule has 104 valence electrons. The number of hydrogen-bond donors (Lipinski definition) is 0. The number of rotatable bonds is 5. The minimum Gasteiger partial charge on any atom is -0.454 e. The van der Waals surface area contributed by atoms with E-state index in [1.54, 1.807) is 36.4 Å². The van der Waals surface area contributed by atoms with Crippen molar-refractivity contribution in [1.29, 1.82) is 0 Å². The third-order valence-corrected chi connectivity index (χ3v) is 2.58. The zero-order chi connectivity index (χ0) is 14.4. The zero-order valence-corrected chi connectivity index (χ0v) is 11.0. The van der Waals surface area contributed by atoms with E-state index in [0.29, 0.717) is 17.1 Å². The normalized spacial score (nSPS) is 13.1. The number of carbonyl (C=O) groups excluding carboxylic acids is 2. The van der Waals surface area contributed by atoms with Crippen LogP contribution < -0.4 is 9.47 Å². The number of ether oxygens (including phenoxy) is 3. The number of esters is 1. The fraction of sp³-hybridized carbons (Fsp3) is 0.200. The van der Waals surface area contributed by atoms with Crippen LogP contribution in [-0.2, 0) is 9.53 Å². The molecule has 1 aliphatic rings. The van der Waals surface area contributed by atoms with E-state index < -0.39 is 5.97 Å². The largest absolute Gasteiger partial charge is 0.454 e. The van der Waals surface area contributed by atoms with Gasteiger partial charge in [-0.2, -0.15) is 0 Å². The molecule has 5 heteroatoms.